The van der Waals surface area contributed by atoms with E-state index in [2.05, 4.69) is 9.97 Å². The summed E-state index contributed by atoms with van der Waals surface area (Å²) in [7, 11) is -2.25. The van der Waals surface area contributed by atoms with Gasteiger partial charge in [-0.25, -0.2) is 18.4 Å². The number of hydrogen-bond acceptors (Lipinski definition) is 5. The molecule has 3 aromatic rings. The monoisotopic (exact) mass is 386 g/mol. The van der Waals surface area contributed by atoms with Gasteiger partial charge in [0.05, 0.1) is 11.3 Å². The van der Waals surface area contributed by atoms with Gasteiger partial charge in [-0.1, -0.05) is 6.92 Å². The molecular weight excluding hydrogens is 373 g/mol. The zero-order valence-corrected chi connectivity index (χ0v) is 14.5. The van der Waals surface area contributed by atoms with Crippen LogP contribution in [0.5, 0.6) is 0 Å². The molecule has 0 fully saturated rings. The highest BCUT2D eigenvalue weighted by atomic mass is 32.2. The minimum absolute atomic E-state index is 0.0315. The summed E-state index contributed by atoms with van der Waals surface area (Å²) in [5.74, 6) is -0.149. The summed E-state index contributed by atoms with van der Waals surface area (Å²) in [6.07, 6.45) is -1.88. The number of aryl methyl sites for hydroxylation is 1. The lowest BCUT2D eigenvalue weighted by atomic mass is 10.2. The molecule has 0 amide bonds. The van der Waals surface area contributed by atoms with Gasteiger partial charge in [-0.05, 0) is 6.07 Å². The molecule has 3 aromatic heterocycles. The van der Waals surface area contributed by atoms with Crippen molar-refractivity contribution in [3.05, 3.63) is 41.5 Å². The maximum absolute atomic E-state index is 12.9. The number of alkyl halides is 3. The average molecular weight is 386 g/mol. The largest absolute Gasteiger partial charge is 0.619 e. The van der Waals surface area contributed by atoms with Crippen molar-refractivity contribution in [1.82, 2.24) is 14.5 Å². The van der Waals surface area contributed by atoms with Crippen LogP contribution in [0.3, 0.4) is 0 Å². The highest BCUT2D eigenvalue weighted by molar-refractivity contribution is 7.91. The number of imidazole rings is 1. The van der Waals surface area contributed by atoms with Gasteiger partial charge < -0.3 is 9.77 Å². The summed E-state index contributed by atoms with van der Waals surface area (Å²) >= 11 is 0. The van der Waals surface area contributed by atoms with E-state index in [1.165, 1.54) is 24.6 Å². The Hall–Kier alpha value is -2.69. The van der Waals surface area contributed by atoms with Gasteiger partial charge in [-0.15, -0.1) is 0 Å². The van der Waals surface area contributed by atoms with E-state index in [0.717, 1.165) is 18.5 Å². The topological polar surface area (TPSA) is 91.8 Å². The molecule has 0 aromatic carbocycles. The quantitative estimate of drug-likeness (QED) is 0.508. The first kappa shape index (κ1) is 18.1. The fourth-order valence-corrected chi connectivity index (χ4v) is 3.59. The van der Waals surface area contributed by atoms with Crippen LogP contribution >= 0.6 is 0 Å². The van der Waals surface area contributed by atoms with Gasteiger partial charge in [-0.3, -0.25) is 0 Å². The van der Waals surface area contributed by atoms with Gasteiger partial charge in [0, 0.05) is 24.9 Å². The molecule has 0 aliphatic carbocycles. The van der Waals surface area contributed by atoms with Crippen LogP contribution in [0.2, 0.25) is 0 Å². The Morgan fingerprint density at radius 1 is 1.35 bits per heavy atom. The number of nitrogens with zero attached hydrogens (tertiary/aromatic N) is 4. The van der Waals surface area contributed by atoms with Crippen LogP contribution in [0.25, 0.3) is 22.6 Å². The fourth-order valence-electron chi connectivity index (χ4n) is 2.52. The number of hydrogen-bond donors (Lipinski definition) is 0. The molecule has 7 nitrogen and oxygen atoms in total. The number of sulfone groups is 1. The van der Waals surface area contributed by atoms with Crippen LogP contribution in [0.15, 0.2) is 35.6 Å². The molecule has 0 aliphatic rings. The van der Waals surface area contributed by atoms with Crippen LogP contribution in [0.1, 0.15) is 12.5 Å². The molecule has 3 rings (SSSR count). The third-order valence-corrected chi connectivity index (χ3v) is 5.65. The van der Waals surface area contributed by atoms with E-state index in [4.69, 9.17) is 0 Å². The molecule has 3 heterocycles. The molecule has 0 radical (unpaired) electrons. The van der Waals surface area contributed by atoms with Crippen molar-refractivity contribution in [1.29, 1.82) is 0 Å². The Balaban J connectivity index is 2.29. The first-order valence-corrected chi connectivity index (χ1v) is 9.05. The van der Waals surface area contributed by atoms with E-state index >= 15 is 0 Å². The van der Waals surface area contributed by atoms with Crippen molar-refractivity contribution in [2.75, 3.05) is 5.75 Å². The van der Waals surface area contributed by atoms with Crippen LogP contribution in [-0.2, 0) is 23.1 Å². The molecule has 0 spiro atoms. The molecule has 0 bridgehead atoms. The Kier molecular flexibility index (Phi) is 4.14. The highest BCUT2D eigenvalue weighted by Gasteiger charge is 2.32. The maximum Gasteiger partial charge on any atom is 0.417 e. The van der Waals surface area contributed by atoms with Crippen LogP contribution in [0.4, 0.5) is 13.2 Å². The summed E-state index contributed by atoms with van der Waals surface area (Å²) in [6.45, 7) is 1.42. The Morgan fingerprint density at radius 2 is 2.04 bits per heavy atom. The molecule has 0 N–H and O–H groups in total. The van der Waals surface area contributed by atoms with Gasteiger partial charge in [0.2, 0.25) is 0 Å². The Bertz CT molecular complexity index is 1110. The zero-order chi connectivity index (χ0) is 19.3. The van der Waals surface area contributed by atoms with E-state index in [1.807, 2.05) is 0 Å². The van der Waals surface area contributed by atoms with Crippen molar-refractivity contribution < 1.29 is 26.3 Å². The predicted octanol–water partition coefficient (Wildman–Crippen LogP) is 2.08. The Morgan fingerprint density at radius 3 is 2.65 bits per heavy atom. The molecule has 138 valence electrons. The summed E-state index contributed by atoms with van der Waals surface area (Å²) in [6, 6.07) is 2.11. The molecule has 0 saturated carbocycles. The zero-order valence-electron chi connectivity index (χ0n) is 13.6. The summed E-state index contributed by atoms with van der Waals surface area (Å²) < 4.78 is 64.9. The second-order valence-electron chi connectivity index (χ2n) is 5.54. The lowest BCUT2D eigenvalue weighted by Gasteiger charge is -2.08. The molecule has 11 heteroatoms. The van der Waals surface area contributed by atoms with E-state index in [1.54, 1.807) is 0 Å². The lowest BCUT2D eigenvalue weighted by molar-refractivity contribution is -0.607. The van der Waals surface area contributed by atoms with E-state index in [9.17, 15) is 26.8 Å². The number of pyridine rings is 2. The first-order valence-electron chi connectivity index (χ1n) is 7.40. The van der Waals surface area contributed by atoms with Crippen LogP contribution in [0, 0.1) is 5.21 Å². The second-order valence-corrected chi connectivity index (χ2v) is 7.79. The van der Waals surface area contributed by atoms with Crippen molar-refractivity contribution >= 4 is 21.0 Å². The average Bonchev–Trinajstić information content (AvgIpc) is 2.90. The van der Waals surface area contributed by atoms with Crippen molar-refractivity contribution in [2.24, 2.45) is 7.05 Å². The van der Waals surface area contributed by atoms with Crippen LogP contribution in [-0.4, -0.2) is 28.7 Å². The maximum atomic E-state index is 12.9. The molecular formula is C15H13F3N4O3S. The first-order chi connectivity index (χ1) is 12.0. The molecule has 0 saturated heterocycles. The van der Waals surface area contributed by atoms with Crippen molar-refractivity contribution in [3.8, 4) is 11.4 Å². The fraction of sp³-hybridized carbons (Fsp3) is 0.267. The molecule has 0 atom stereocenters. The third-order valence-electron chi connectivity index (χ3n) is 3.89. The standard InChI is InChI=1S/C15H13F3N4O3S/c1-3-26(24,25)12-8-22(23)5-4-10(12)13-20-11-6-9(15(16,17)18)7-19-14(11)21(13)2/h4-8H,3H2,1-2H3. The van der Waals surface area contributed by atoms with E-state index in [-0.39, 0.29) is 33.2 Å². The molecule has 26 heavy (non-hydrogen) atoms. The third kappa shape index (κ3) is 2.98. The van der Waals surface area contributed by atoms with E-state index < -0.39 is 21.6 Å². The minimum atomic E-state index is -4.57. The summed E-state index contributed by atoms with van der Waals surface area (Å²) in [5.41, 5.74) is -0.711. The van der Waals surface area contributed by atoms with Gasteiger partial charge in [-0.2, -0.15) is 17.9 Å². The van der Waals surface area contributed by atoms with Gasteiger partial charge >= 0.3 is 6.18 Å². The van der Waals surface area contributed by atoms with E-state index in [0.29, 0.717) is 10.9 Å². The highest BCUT2D eigenvalue weighted by Crippen LogP contribution is 2.32. The van der Waals surface area contributed by atoms with Crippen LogP contribution < -0.4 is 4.73 Å². The van der Waals surface area contributed by atoms with Gasteiger partial charge in [0.1, 0.15) is 16.2 Å². The molecule has 0 unspecified atom stereocenters. The summed E-state index contributed by atoms with van der Waals surface area (Å²) in [4.78, 5) is 7.66. The van der Waals surface area contributed by atoms with Gasteiger partial charge in [0.25, 0.3) is 0 Å². The normalized spacial score (nSPS) is 12.7. The number of rotatable bonds is 3. The second kappa shape index (κ2) is 5.94. The van der Waals surface area contributed by atoms with Gasteiger partial charge in [0.15, 0.2) is 27.9 Å². The number of halogens is 3. The minimum Gasteiger partial charge on any atom is -0.619 e. The Labute approximate surface area is 146 Å². The van der Waals surface area contributed by atoms with Crippen molar-refractivity contribution in [2.45, 2.75) is 18.0 Å². The smallest absolute Gasteiger partial charge is 0.417 e. The lowest BCUT2D eigenvalue weighted by Crippen LogP contribution is -2.27. The predicted molar refractivity (Wildman–Crippen MR) is 85.6 cm³/mol. The summed E-state index contributed by atoms with van der Waals surface area (Å²) in [5, 5.41) is 11.5. The molecule has 0 aliphatic heterocycles. The number of aromatic nitrogens is 4. The van der Waals surface area contributed by atoms with Crippen molar-refractivity contribution in [3.63, 3.8) is 0 Å². The SMILES string of the molecule is CCS(=O)(=O)c1c[n+]([O-])ccc1-c1nc2cc(C(F)(F)F)cnc2n1C. The number of fused-ring (bicyclic) bond motifs is 1.